The Balaban J connectivity index is 1.79. The summed E-state index contributed by atoms with van der Waals surface area (Å²) in [6, 6.07) is 2.50. The molecule has 21 heavy (non-hydrogen) atoms. The highest BCUT2D eigenvalue weighted by Crippen LogP contribution is 2.58. The topological polar surface area (TPSA) is 63.6 Å². The first-order chi connectivity index (χ1) is 9.84. The number of carboxylic acid groups (broad SMARTS) is 1. The Hall–Kier alpha value is -1.98. The molecule has 0 heterocycles. The third-order valence-electron chi connectivity index (χ3n) is 4.64. The van der Waals surface area contributed by atoms with Gasteiger partial charge in [0, 0.05) is 12.5 Å². The number of rotatable bonds is 3. The van der Waals surface area contributed by atoms with E-state index in [1.807, 2.05) is 0 Å². The second-order valence-electron chi connectivity index (χ2n) is 5.99. The maximum absolute atomic E-state index is 13.1. The number of esters is 1. The highest BCUT2D eigenvalue weighted by atomic mass is 19.1. The Morgan fingerprint density at radius 2 is 1.62 bits per heavy atom. The fourth-order valence-corrected chi connectivity index (χ4v) is 3.51. The minimum Gasteiger partial charge on any atom is -0.481 e. The lowest BCUT2D eigenvalue weighted by Gasteiger charge is -2.26. The van der Waals surface area contributed by atoms with Crippen LogP contribution in [-0.4, -0.2) is 22.6 Å². The van der Waals surface area contributed by atoms with Crippen molar-refractivity contribution in [2.45, 2.75) is 37.7 Å². The van der Waals surface area contributed by atoms with Crippen LogP contribution < -0.4 is 0 Å². The van der Waals surface area contributed by atoms with E-state index in [9.17, 15) is 23.5 Å². The molecule has 0 atom stereocenters. The predicted octanol–water partition coefficient (Wildman–Crippen LogP) is 2.91. The number of ether oxygens (including phenoxy) is 1. The standard InChI is InChI=1S/C15H14F2O4/c16-10-5-9(6-11(17)7-10)12(18)21-15-3-1-14(8-15,2-4-15)13(19)20/h5-7H,1-4,8H2,(H,19,20). The van der Waals surface area contributed by atoms with E-state index in [1.165, 1.54) is 0 Å². The summed E-state index contributed by atoms with van der Waals surface area (Å²) in [6.07, 6.45) is 2.16. The summed E-state index contributed by atoms with van der Waals surface area (Å²) in [6.45, 7) is 0. The van der Waals surface area contributed by atoms with Crippen LogP contribution in [0.25, 0.3) is 0 Å². The molecule has 2 aliphatic carbocycles. The first kappa shape index (κ1) is 14.0. The molecule has 0 amide bonds. The summed E-state index contributed by atoms with van der Waals surface area (Å²) < 4.78 is 31.7. The van der Waals surface area contributed by atoms with Crippen LogP contribution in [-0.2, 0) is 9.53 Å². The van der Waals surface area contributed by atoms with Crippen LogP contribution in [0.1, 0.15) is 42.5 Å². The van der Waals surface area contributed by atoms with Crippen molar-refractivity contribution in [2.24, 2.45) is 5.41 Å². The third-order valence-corrected chi connectivity index (χ3v) is 4.64. The molecule has 0 saturated heterocycles. The van der Waals surface area contributed by atoms with Gasteiger partial charge in [-0.05, 0) is 37.8 Å². The van der Waals surface area contributed by atoms with Crippen molar-refractivity contribution in [1.29, 1.82) is 0 Å². The number of carbonyl (C=O) groups excluding carboxylic acids is 1. The van der Waals surface area contributed by atoms with Crippen LogP contribution in [0.5, 0.6) is 0 Å². The molecule has 2 bridgehead atoms. The molecule has 2 fully saturated rings. The van der Waals surface area contributed by atoms with E-state index < -0.39 is 34.6 Å². The number of halogens is 2. The summed E-state index contributed by atoms with van der Waals surface area (Å²) in [5.41, 5.74) is -1.81. The van der Waals surface area contributed by atoms with Crippen molar-refractivity contribution in [3.05, 3.63) is 35.4 Å². The summed E-state index contributed by atoms with van der Waals surface area (Å²) in [7, 11) is 0. The summed E-state index contributed by atoms with van der Waals surface area (Å²) >= 11 is 0. The Bertz CT molecular complexity index is 598. The van der Waals surface area contributed by atoms with Gasteiger partial charge in [0.25, 0.3) is 0 Å². The zero-order valence-corrected chi connectivity index (χ0v) is 11.2. The lowest BCUT2D eigenvalue weighted by molar-refractivity contribution is -0.148. The largest absolute Gasteiger partial charge is 0.481 e. The molecular weight excluding hydrogens is 282 g/mol. The van der Waals surface area contributed by atoms with Gasteiger partial charge >= 0.3 is 11.9 Å². The molecule has 0 aromatic heterocycles. The lowest BCUT2D eigenvalue weighted by Crippen LogP contribution is -2.30. The summed E-state index contributed by atoms with van der Waals surface area (Å²) in [5, 5.41) is 9.29. The normalized spacial score (nSPS) is 30.4. The molecular formula is C15H14F2O4. The molecule has 0 unspecified atom stereocenters. The van der Waals surface area contributed by atoms with Gasteiger partial charge in [0.05, 0.1) is 11.0 Å². The number of carboxylic acids is 1. The van der Waals surface area contributed by atoms with Gasteiger partial charge in [-0.3, -0.25) is 4.79 Å². The van der Waals surface area contributed by atoms with Crippen LogP contribution in [0.4, 0.5) is 8.78 Å². The fraction of sp³-hybridized carbons (Fsp3) is 0.467. The molecule has 1 aromatic carbocycles. The van der Waals surface area contributed by atoms with Gasteiger partial charge in [0.1, 0.15) is 17.2 Å². The maximum atomic E-state index is 13.1. The Kier molecular flexibility index (Phi) is 3.00. The van der Waals surface area contributed by atoms with Crippen LogP contribution in [0, 0.1) is 17.0 Å². The highest BCUT2D eigenvalue weighted by Gasteiger charge is 2.60. The molecule has 1 aromatic rings. The molecule has 112 valence electrons. The predicted molar refractivity (Wildman–Crippen MR) is 67.7 cm³/mol. The van der Waals surface area contributed by atoms with Gasteiger partial charge in [-0.2, -0.15) is 0 Å². The minimum absolute atomic E-state index is 0.193. The van der Waals surface area contributed by atoms with Crippen LogP contribution in [0.3, 0.4) is 0 Å². The smallest absolute Gasteiger partial charge is 0.338 e. The number of hydrogen-bond acceptors (Lipinski definition) is 3. The van der Waals surface area contributed by atoms with Crippen molar-refractivity contribution < 1.29 is 28.2 Å². The monoisotopic (exact) mass is 296 g/mol. The number of benzene rings is 1. The highest BCUT2D eigenvalue weighted by molar-refractivity contribution is 5.90. The second-order valence-corrected chi connectivity index (χ2v) is 5.99. The zero-order valence-electron chi connectivity index (χ0n) is 11.2. The average molecular weight is 296 g/mol. The molecule has 0 radical (unpaired) electrons. The maximum Gasteiger partial charge on any atom is 0.338 e. The van der Waals surface area contributed by atoms with E-state index in [0.29, 0.717) is 31.7 Å². The summed E-state index contributed by atoms with van der Waals surface area (Å²) in [4.78, 5) is 23.4. The number of carbonyl (C=O) groups is 2. The zero-order chi connectivity index (χ0) is 15.3. The van der Waals surface area contributed by atoms with Crippen molar-refractivity contribution in [3.8, 4) is 0 Å². The third kappa shape index (κ3) is 2.28. The van der Waals surface area contributed by atoms with Gasteiger partial charge < -0.3 is 9.84 Å². The number of hydrogen-bond donors (Lipinski definition) is 1. The van der Waals surface area contributed by atoms with E-state index in [1.54, 1.807) is 0 Å². The van der Waals surface area contributed by atoms with Gasteiger partial charge in [-0.1, -0.05) is 0 Å². The van der Waals surface area contributed by atoms with Crippen molar-refractivity contribution in [2.75, 3.05) is 0 Å². The van der Waals surface area contributed by atoms with Gasteiger partial charge in [-0.25, -0.2) is 13.6 Å². The van der Waals surface area contributed by atoms with Crippen molar-refractivity contribution >= 4 is 11.9 Å². The fourth-order valence-electron chi connectivity index (χ4n) is 3.51. The van der Waals surface area contributed by atoms with E-state index in [-0.39, 0.29) is 12.0 Å². The quantitative estimate of drug-likeness (QED) is 0.871. The molecule has 2 saturated carbocycles. The molecule has 6 heteroatoms. The number of fused-ring (bicyclic) bond motifs is 2. The van der Waals surface area contributed by atoms with Crippen LogP contribution in [0.2, 0.25) is 0 Å². The molecule has 2 aliphatic rings. The Morgan fingerprint density at radius 1 is 1.05 bits per heavy atom. The van der Waals surface area contributed by atoms with Crippen molar-refractivity contribution in [3.63, 3.8) is 0 Å². The molecule has 0 aliphatic heterocycles. The first-order valence-electron chi connectivity index (χ1n) is 6.77. The second kappa shape index (κ2) is 4.51. The molecule has 3 rings (SSSR count). The van der Waals surface area contributed by atoms with E-state index >= 15 is 0 Å². The number of aliphatic carboxylic acids is 1. The van der Waals surface area contributed by atoms with Crippen LogP contribution >= 0.6 is 0 Å². The Morgan fingerprint density at radius 3 is 2.10 bits per heavy atom. The van der Waals surface area contributed by atoms with E-state index in [2.05, 4.69) is 0 Å². The average Bonchev–Trinajstić information content (AvgIpc) is 2.94. The van der Waals surface area contributed by atoms with E-state index in [0.717, 1.165) is 12.1 Å². The van der Waals surface area contributed by atoms with Gasteiger partial charge in [0.2, 0.25) is 0 Å². The first-order valence-corrected chi connectivity index (χ1v) is 6.77. The van der Waals surface area contributed by atoms with Gasteiger partial charge in [0.15, 0.2) is 0 Å². The molecule has 0 spiro atoms. The Labute approximate surface area is 119 Å². The van der Waals surface area contributed by atoms with Crippen molar-refractivity contribution in [1.82, 2.24) is 0 Å². The van der Waals surface area contributed by atoms with E-state index in [4.69, 9.17) is 4.74 Å². The lowest BCUT2D eigenvalue weighted by atomic mass is 9.84. The molecule has 1 N–H and O–H groups in total. The van der Waals surface area contributed by atoms with Crippen LogP contribution in [0.15, 0.2) is 18.2 Å². The van der Waals surface area contributed by atoms with Gasteiger partial charge in [-0.15, -0.1) is 0 Å². The minimum atomic E-state index is -0.866. The summed E-state index contributed by atoms with van der Waals surface area (Å²) in [5.74, 6) is -3.37. The molecule has 4 nitrogen and oxygen atoms in total. The SMILES string of the molecule is O=C(OC12CCC(C(=O)O)(CC1)C2)c1cc(F)cc(F)c1.